The van der Waals surface area contributed by atoms with Gasteiger partial charge < -0.3 is 31.2 Å². The first-order valence-electron chi connectivity index (χ1n) is 9.86. The lowest BCUT2D eigenvalue weighted by Gasteiger charge is -2.26. The van der Waals surface area contributed by atoms with E-state index < -0.39 is 27.3 Å². The van der Waals surface area contributed by atoms with Gasteiger partial charge in [0.05, 0.1) is 70.2 Å². The zero-order valence-electron chi connectivity index (χ0n) is 20.8. The first kappa shape index (κ1) is 37.6. The highest BCUT2D eigenvalue weighted by atomic mass is 35.5. The molecule has 0 spiro atoms. The van der Waals surface area contributed by atoms with Crippen LogP contribution in [0.2, 0.25) is 0 Å². The minimum Gasteiger partial charge on any atom is -1.00 e. The highest BCUT2D eigenvalue weighted by Crippen LogP contribution is 2.05. The van der Waals surface area contributed by atoms with Crippen molar-refractivity contribution in [3.05, 3.63) is 63.3 Å². The summed E-state index contributed by atoms with van der Waals surface area (Å²) >= 11 is 0. The second-order valence-corrected chi connectivity index (χ2v) is 10.4. The van der Waals surface area contributed by atoms with Crippen LogP contribution in [0.5, 0.6) is 0 Å². The maximum Gasteiger partial charge on any atom is 0.243 e. The van der Waals surface area contributed by atoms with Gasteiger partial charge in [0.1, 0.15) is 0 Å². The molecule has 1 amide bonds. The Morgan fingerprint density at radius 1 is 0.844 bits per heavy atom. The average Bonchev–Trinajstić information content (AvgIpc) is 2.52. The van der Waals surface area contributed by atoms with Crippen molar-refractivity contribution in [1.29, 1.82) is 0 Å². The molecule has 0 saturated carbocycles. The van der Waals surface area contributed by atoms with Crippen molar-refractivity contribution in [3.63, 3.8) is 0 Å². The van der Waals surface area contributed by atoms with E-state index in [0.717, 1.165) is 41.2 Å². The smallest absolute Gasteiger partial charge is 0.243 e. The van der Waals surface area contributed by atoms with Gasteiger partial charge >= 0.3 is 0 Å². The molecule has 0 bridgehead atoms. The van der Waals surface area contributed by atoms with Crippen LogP contribution in [0.4, 0.5) is 0 Å². The zero-order valence-corrected chi connectivity index (χ0v) is 22.3. The molecule has 0 fully saturated rings. The minimum atomic E-state index is -4.33. The third-order valence-corrected chi connectivity index (χ3v) is 4.75. The first-order chi connectivity index (χ1) is 13.9. The summed E-state index contributed by atoms with van der Waals surface area (Å²) in [6.07, 6.45) is 8.75. The molecular formula is C23H44ClN3O4S. The molecule has 0 saturated heterocycles. The molecule has 0 aliphatic rings. The Labute approximate surface area is 203 Å². The van der Waals surface area contributed by atoms with Crippen LogP contribution < -0.4 is 17.7 Å². The van der Waals surface area contributed by atoms with Crippen LogP contribution in [-0.4, -0.2) is 93.5 Å². The van der Waals surface area contributed by atoms with Gasteiger partial charge in [-0.2, -0.15) is 0 Å². The SMILES string of the molecule is C=CC(=O)NC(C)(C)CS(=O)(=O)[O-].C=CC[N+](C)(C)CC=C.C=CC[N+](C)(C)CC=C.[Cl-]. The van der Waals surface area contributed by atoms with E-state index in [0.29, 0.717) is 0 Å². The quantitative estimate of drug-likeness (QED) is 0.172. The Morgan fingerprint density at radius 2 is 1.12 bits per heavy atom. The molecule has 0 radical (unpaired) electrons. The lowest BCUT2D eigenvalue weighted by Crippen LogP contribution is -3.00. The fourth-order valence-corrected chi connectivity index (χ4v) is 3.37. The molecule has 0 aliphatic heterocycles. The number of carbonyl (C=O) groups is 1. The first-order valence-corrected chi connectivity index (χ1v) is 11.4. The normalized spacial score (nSPS) is 11.1. The van der Waals surface area contributed by atoms with E-state index in [2.05, 4.69) is 66.4 Å². The Morgan fingerprint density at radius 3 is 1.31 bits per heavy atom. The van der Waals surface area contributed by atoms with Gasteiger partial charge in [-0.1, -0.05) is 32.9 Å². The fraction of sp³-hybridized carbons (Fsp3) is 0.522. The number of halogens is 1. The molecule has 0 heterocycles. The summed E-state index contributed by atoms with van der Waals surface area (Å²) < 4.78 is 33.1. The molecule has 0 aromatic heterocycles. The van der Waals surface area contributed by atoms with Crippen LogP contribution in [0, 0.1) is 0 Å². The molecule has 0 aromatic rings. The molecule has 7 nitrogen and oxygen atoms in total. The highest BCUT2D eigenvalue weighted by molar-refractivity contribution is 7.85. The van der Waals surface area contributed by atoms with Crippen molar-refractivity contribution in [1.82, 2.24) is 5.32 Å². The van der Waals surface area contributed by atoms with Crippen LogP contribution in [0.25, 0.3) is 0 Å². The van der Waals surface area contributed by atoms with Crippen LogP contribution in [0.15, 0.2) is 63.3 Å². The Balaban J connectivity index is -0.000000186. The molecule has 188 valence electrons. The monoisotopic (exact) mass is 493 g/mol. The van der Waals surface area contributed by atoms with Crippen molar-refractivity contribution in [2.24, 2.45) is 0 Å². The second kappa shape index (κ2) is 17.8. The number of nitrogens with one attached hydrogen (secondary N) is 1. The van der Waals surface area contributed by atoms with Gasteiger partial charge in [-0.15, -0.1) is 0 Å². The molecule has 0 aliphatic carbocycles. The maximum absolute atomic E-state index is 10.8. The molecule has 0 unspecified atom stereocenters. The molecule has 9 heteroatoms. The van der Waals surface area contributed by atoms with Crippen LogP contribution in [0.3, 0.4) is 0 Å². The Hall–Kier alpha value is -1.71. The van der Waals surface area contributed by atoms with Gasteiger partial charge in [0, 0.05) is 5.54 Å². The number of hydrogen-bond donors (Lipinski definition) is 1. The third kappa shape index (κ3) is 28.3. The molecule has 1 N–H and O–H groups in total. The molecular weight excluding hydrogens is 450 g/mol. The van der Waals surface area contributed by atoms with Crippen LogP contribution in [-0.2, 0) is 14.9 Å². The summed E-state index contributed by atoms with van der Waals surface area (Å²) in [6.45, 7) is 24.8. The summed E-state index contributed by atoms with van der Waals surface area (Å²) in [5.74, 6) is -1.15. The number of hydrogen-bond acceptors (Lipinski definition) is 4. The Kier molecular flexibility index (Phi) is 20.9. The molecule has 32 heavy (non-hydrogen) atoms. The average molecular weight is 494 g/mol. The van der Waals surface area contributed by atoms with Crippen molar-refractivity contribution < 1.29 is 39.1 Å². The summed E-state index contributed by atoms with van der Waals surface area (Å²) in [6, 6.07) is 0. The number of carbonyl (C=O) groups excluding carboxylic acids is 1. The van der Waals surface area contributed by atoms with Crippen LogP contribution >= 0.6 is 0 Å². The van der Waals surface area contributed by atoms with Gasteiger partial charge in [-0.05, 0) is 44.2 Å². The van der Waals surface area contributed by atoms with Gasteiger partial charge in [-0.3, -0.25) is 4.79 Å². The van der Waals surface area contributed by atoms with E-state index >= 15 is 0 Å². The van der Waals surface area contributed by atoms with E-state index in [1.165, 1.54) is 13.8 Å². The predicted octanol–water partition coefficient (Wildman–Crippen LogP) is -0.514. The number of likely N-dealkylation sites (N-methyl/N-ethyl adjacent to an activating group) is 2. The number of nitrogens with zero attached hydrogens (tertiary/aromatic N) is 2. The number of quaternary nitrogens is 2. The lowest BCUT2D eigenvalue weighted by molar-refractivity contribution is -0.878. The van der Waals surface area contributed by atoms with Crippen molar-refractivity contribution >= 4 is 16.0 Å². The van der Waals surface area contributed by atoms with Gasteiger partial charge in [0.25, 0.3) is 0 Å². The number of amides is 1. The van der Waals surface area contributed by atoms with E-state index in [1.807, 2.05) is 24.3 Å². The van der Waals surface area contributed by atoms with Crippen molar-refractivity contribution in [2.45, 2.75) is 19.4 Å². The molecule has 0 aromatic carbocycles. The summed E-state index contributed by atoms with van der Waals surface area (Å²) in [5, 5.41) is 2.33. The maximum atomic E-state index is 10.8. The highest BCUT2D eigenvalue weighted by Gasteiger charge is 2.22. The standard InChI is InChI=1S/2C8H16N.C7H13NO4S.ClH/c2*1-5-7-9(3,4)8-6-2;1-4-6(9)8-7(2,3)5-13(10,11)12;/h2*5-6H,1-2,7-8H2,3-4H3;4H,1,5H2,2-3H3,(H,8,9)(H,10,11,12);1H/q2*+1;;/p-2. The van der Waals surface area contributed by atoms with E-state index in [1.54, 1.807) is 0 Å². The summed E-state index contributed by atoms with van der Waals surface area (Å²) in [7, 11) is 4.29. The molecule has 0 rings (SSSR count). The largest absolute Gasteiger partial charge is 1.00 e. The Bertz CT molecular complexity index is 648. The van der Waals surface area contributed by atoms with Gasteiger partial charge in [-0.25, -0.2) is 8.42 Å². The zero-order chi connectivity index (χ0) is 25.4. The van der Waals surface area contributed by atoms with Gasteiger partial charge in [0.15, 0.2) is 0 Å². The van der Waals surface area contributed by atoms with Crippen molar-refractivity contribution in [2.75, 3.05) is 60.1 Å². The number of rotatable bonds is 12. The fourth-order valence-electron chi connectivity index (χ4n) is 2.41. The van der Waals surface area contributed by atoms with E-state index in [4.69, 9.17) is 0 Å². The summed E-state index contributed by atoms with van der Waals surface area (Å²) in [5.41, 5.74) is -1.06. The second-order valence-electron chi connectivity index (χ2n) is 9.04. The third-order valence-electron chi connectivity index (χ3n) is 3.68. The predicted molar refractivity (Wildman–Crippen MR) is 131 cm³/mol. The van der Waals surface area contributed by atoms with E-state index in [9.17, 15) is 17.8 Å². The topological polar surface area (TPSA) is 86.3 Å². The lowest BCUT2D eigenvalue weighted by atomic mass is 10.1. The van der Waals surface area contributed by atoms with Crippen LogP contribution in [0.1, 0.15) is 13.8 Å². The minimum absolute atomic E-state index is 0. The van der Waals surface area contributed by atoms with E-state index in [-0.39, 0.29) is 12.4 Å². The molecule has 0 atom stereocenters. The summed E-state index contributed by atoms with van der Waals surface area (Å²) in [4.78, 5) is 10.8. The van der Waals surface area contributed by atoms with Gasteiger partial charge in [0.2, 0.25) is 5.91 Å². The van der Waals surface area contributed by atoms with Crippen molar-refractivity contribution in [3.8, 4) is 0 Å².